The molecule has 7 heteroatoms. The van der Waals surface area contributed by atoms with Gasteiger partial charge in [-0.1, -0.05) is 29.2 Å². The van der Waals surface area contributed by atoms with E-state index >= 15 is 0 Å². The largest absolute Gasteiger partial charge is 0.496 e. The summed E-state index contributed by atoms with van der Waals surface area (Å²) >= 11 is 3.35. The highest BCUT2D eigenvalue weighted by atomic mass is 32.2. The molecule has 0 bridgehead atoms. The molecule has 3 aromatic rings. The highest BCUT2D eigenvalue weighted by molar-refractivity contribution is 8.01. The zero-order valence-corrected chi connectivity index (χ0v) is 17.9. The SMILES string of the molecule is COc1cc(C)c(Sc2cnc(Nc3ccc(CN(C)C)cn3)s2)cc1C. The number of benzene rings is 1. The normalized spacial score (nSPS) is 11.0. The number of hydrogen-bond donors (Lipinski definition) is 1. The number of aromatic nitrogens is 2. The highest BCUT2D eigenvalue weighted by Crippen LogP contribution is 2.38. The third kappa shape index (κ3) is 5.22. The lowest BCUT2D eigenvalue weighted by molar-refractivity contribution is 0.402. The van der Waals surface area contributed by atoms with Crippen LogP contribution in [-0.2, 0) is 6.54 Å². The lowest BCUT2D eigenvalue weighted by Crippen LogP contribution is -2.10. The Morgan fingerprint density at radius 1 is 1.11 bits per heavy atom. The molecule has 2 heterocycles. The van der Waals surface area contributed by atoms with Gasteiger partial charge < -0.3 is 15.0 Å². The molecule has 5 nitrogen and oxygen atoms in total. The van der Waals surface area contributed by atoms with Gasteiger partial charge in [-0.05, 0) is 62.8 Å². The number of hydrogen-bond acceptors (Lipinski definition) is 7. The molecular formula is C20H24N4OS2. The zero-order valence-electron chi connectivity index (χ0n) is 16.2. The molecule has 0 aliphatic heterocycles. The fourth-order valence-corrected chi connectivity index (χ4v) is 4.64. The molecule has 2 aromatic heterocycles. The molecule has 0 aliphatic rings. The molecule has 0 saturated carbocycles. The molecule has 0 unspecified atom stereocenters. The molecule has 1 N–H and O–H groups in total. The van der Waals surface area contributed by atoms with Gasteiger partial charge in [-0.2, -0.15) is 0 Å². The van der Waals surface area contributed by atoms with Crippen LogP contribution in [0, 0.1) is 13.8 Å². The smallest absolute Gasteiger partial charge is 0.189 e. The molecule has 3 rings (SSSR count). The minimum atomic E-state index is 0.805. The lowest BCUT2D eigenvalue weighted by atomic mass is 10.1. The average molecular weight is 401 g/mol. The van der Waals surface area contributed by atoms with Crippen molar-refractivity contribution in [1.29, 1.82) is 0 Å². The summed E-state index contributed by atoms with van der Waals surface area (Å²) in [7, 11) is 5.80. The van der Waals surface area contributed by atoms with Crippen molar-refractivity contribution in [2.75, 3.05) is 26.5 Å². The molecule has 0 atom stereocenters. The maximum absolute atomic E-state index is 5.39. The van der Waals surface area contributed by atoms with Gasteiger partial charge in [0.1, 0.15) is 11.6 Å². The minimum absolute atomic E-state index is 0.805. The Hall–Kier alpha value is -2.09. The van der Waals surface area contributed by atoms with E-state index in [4.69, 9.17) is 4.74 Å². The van der Waals surface area contributed by atoms with Crippen molar-refractivity contribution in [3.05, 3.63) is 53.3 Å². The first-order chi connectivity index (χ1) is 12.9. The minimum Gasteiger partial charge on any atom is -0.496 e. The molecule has 0 saturated heterocycles. The van der Waals surface area contributed by atoms with Crippen LogP contribution in [0.1, 0.15) is 16.7 Å². The maximum atomic E-state index is 5.39. The molecule has 142 valence electrons. The summed E-state index contributed by atoms with van der Waals surface area (Å²) in [6.07, 6.45) is 3.80. The second kappa shape index (κ2) is 8.73. The Balaban J connectivity index is 1.67. The van der Waals surface area contributed by atoms with Crippen molar-refractivity contribution in [1.82, 2.24) is 14.9 Å². The van der Waals surface area contributed by atoms with E-state index in [1.807, 2.05) is 32.6 Å². The summed E-state index contributed by atoms with van der Waals surface area (Å²) in [5, 5.41) is 4.13. The third-order valence-corrected chi connectivity index (χ3v) is 6.12. The van der Waals surface area contributed by atoms with Crippen molar-refractivity contribution < 1.29 is 4.74 Å². The Kier molecular flexibility index (Phi) is 6.36. The van der Waals surface area contributed by atoms with E-state index in [0.29, 0.717) is 0 Å². The first-order valence-electron chi connectivity index (χ1n) is 8.60. The average Bonchev–Trinajstić information content (AvgIpc) is 3.06. The standard InChI is InChI=1S/C20H24N4OS2/c1-13-9-17(14(2)8-16(13)25-5)26-19-11-22-20(27-19)23-18-7-6-15(10-21-18)12-24(3)4/h6-11H,12H2,1-5H3,(H,21,22,23). The van der Waals surface area contributed by atoms with E-state index < -0.39 is 0 Å². The molecule has 0 radical (unpaired) electrons. The van der Waals surface area contributed by atoms with Crippen molar-refractivity contribution in [3.8, 4) is 5.75 Å². The number of ether oxygens (including phenoxy) is 1. The predicted molar refractivity (Wildman–Crippen MR) is 114 cm³/mol. The molecule has 0 spiro atoms. The van der Waals surface area contributed by atoms with Gasteiger partial charge in [0.25, 0.3) is 0 Å². The Morgan fingerprint density at radius 2 is 1.93 bits per heavy atom. The lowest BCUT2D eigenvalue weighted by Gasteiger charge is -2.10. The Morgan fingerprint density at radius 3 is 2.59 bits per heavy atom. The van der Waals surface area contributed by atoms with Gasteiger partial charge in [-0.15, -0.1) is 0 Å². The monoisotopic (exact) mass is 400 g/mol. The zero-order chi connectivity index (χ0) is 19.4. The van der Waals surface area contributed by atoms with Gasteiger partial charge in [-0.3, -0.25) is 0 Å². The number of anilines is 2. The van der Waals surface area contributed by atoms with Crippen LogP contribution in [0.25, 0.3) is 0 Å². The van der Waals surface area contributed by atoms with Crippen LogP contribution in [0.5, 0.6) is 5.75 Å². The van der Waals surface area contributed by atoms with E-state index in [2.05, 4.69) is 52.2 Å². The van der Waals surface area contributed by atoms with E-state index in [9.17, 15) is 0 Å². The second-order valence-corrected chi connectivity index (χ2v) is 8.96. The summed E-state index contributed by atoms with van der Waals surface area (Å²) in [5.41, 5.74) is 3.52. The summed E-state index contributed by atoms with van der Waals surface area (Å²) in [6.45, 7) is 5.04. The third-order valence-electron chi connectivity index (χ3n) is 3.95. The van der Waals surface area contributed by atoms with Gasteiger partial charge in [0.05, 0.1) is 17.5 Å². The van der Waals surface area contributed by atoms with Crippen LogP contribution < -0.4 is 10.1 Å². The quantitative estimate of drug-likeness (QED) is 0.594. The Bertz CT molecular complexity index is 907. The van der Waals surface area contributed by atoms with Crippen LogP contribution in [0.15, 0.2) is 45.8 Å². The van der Waals surface area contributed by atoms with Gasteiger partial charge in [0, 0.05) is 17.6 Å². The number of thiazole rings is 1. The molecular weight excluding hydrogens is 376 g/mol. The van der Waals surface area contributed by atoms with E-state index in [-0.39, 0.29) is 0 Å². The number of nitrogens with zero attached hydrogens (tertiary/aromatic N) is 3. The summed E-state index contributed by atoms with van der Waals surface area (Å²) in [4.78, 5) is 12.3. The van der Waals surface area contributed by atoms with Crippen LogP contribution in [-0.4, -0.2) is 36.1 Å². The Labute approximate surface area is 168 Å². The van der Waals surface area contributed by atoms with Crippen LogP contribution in [0.4, 0.5) is 10.9 Å². The summed E-state index contributed by atoms with van der Waals surface area (Å²) in [6, 6.07) is 8.32. The summed E-state index contributed by atoms with van der Waals surface area (Å²) < 4.78 is 6.53. The van der Waals surface area contributed by atoms with Crippen LogP contribution >= 0.6 is 23.1 Å². The van der Waals surface area contributed by atoms with Crippen molar-refractivity contribution in [2.24, 2.45) is 0 Å². The molecule has 0 amide bonds. The highest BCUT2D eigenvalue weighted by Gasteiger charge is 2.10. The first-order valence-corrected chi connectivity index (χ1v) is 10.2. The van der Waals surface area contributed by atoms with Gasteiger partial charge in [0.2, 0.25) is 0 Å². The number of nitrogens with one attached hydrogen (secondary N) is 1. The van der Waals surface area contributed by atoms with Crippen molar-refractivity contribution in [2.45, 2.75) is 29.5 Å². The van der Waals surface area contributed by atoms with Crippen molar-refractivity contribution in [3.63, 3.8) is 0 Å². The van der Waals surface area contributed by atoms with Gasteiger partial charge in [0.15, 0.2) is 5.13 Å². The molecule has 1 aromatic carbocycles. The van der Waals surface area contributed by atoms with Gasteiger partial charge >= 0.3 is 0 Å². The fraction of sp³-hybridized carbons (Fsp3) is 0.300. The number of pyridine rings is 1. The molecule has 27 heavy (non-hydrogen) atoms. The summed E-state index contributed by atoms with van der Waals surface area (Å²) in [5.74, 6) is 1.73. The van der Waals surface area contributed by atoms with E-state index in [0.717, 1.165) is 33.0 Å². The number of rotatable bonds is 7. The van der Waals surface area contributed by atoms with E-state index in [1.54, 1.807) is 30.2 Å². The van der Waals surface area contributed by atoms with Crippen LogP contribution in [0.3, 0.4) is 0 Å². The second-order valence-electron chi connectivity index (χ2n) is 6.59. The molecule has 0 aliphatic carbocycles. The fourth-order valence-electron chi connectivity index (χ4n) is 2.63. The number of aryl methyl sites for hydroxylation is 2. The number of methoxy groups -OCH3 is 1. The first kappa shape index (κ1) is 19.7. The maximum Gasteiger partial charge on any atom is 0.189 e. The van der Waals surface area contributed by atoms with Crippen LogP contribution in [0.2, 0.25) is 0 Å². The molecule has 0 fully saturated rings. The topological polar surface area (TPSA) is 50.3 Å². The van der Waals surface area contributed by atoms with Gasteiger partial charge in [-0.25, -0.2) is 9.97 Å². The predicted octanol–water partition coefficient (Wildman–Crippen LogP) is 5.12. The van der Waals surface area contributed by atoms with Crippen molar-refractivity contribution >= 4 is 34.0 Å². The van der Waals surface area contributed by atoms with E-state index in [1.165, 1.54) is 16.0 Å².